The van der Waals surface area contributed by atoms with Gasteiger partial charge in [-0.2, -0.15) is 0 Å². The van der Waals surface area contributed by atoms with Crippen LogP contribution in [0.1, 0.15) is 36.8 Å². The molecule has 0 aliphatic carbocycles. The molecule has 1 heterocycles. The monoisotopic (exact) mass is 389 g/mol. The summed E-state index contributed by atoms with van der Waals surface area (Å²) >= 11 is 3.54. The number of halogens is 1. The van der Waals surface area contributed by atoms with Crippen LogP contribution in [-0.2, 0) is 0 Å². The minimum Gasteiger partial charge on any atom is -0.469 e. The average Bonchev–Trinajstić information content (AvgIpc) is 2.56. The average molecular weight is 390 g/mol. The third kappa shape index (κ3) is 4.81. The van der Waals surface area contributed by atoms with E-state index in [9.17, 15) is 0 Å². The predicted molar refractivity (Wildman–Crippen MR) is 103 cm³/mol. The zero-order chi connectivity index (χ0) is 17.7. The molecule has 0 fully saturated rings. The highest BCUT2D eigenvalue weighted by atomic mass is 79.9. The second-order valence-corrected chi connectivity index (χ2v) is 6.72. The number of pyridine rings is 1. The van der Waals surface area contributed by atoms with Gasteiger partial charge in [0.15, 0.2) is 0 Å². The van der Waals surface area contributed by atoms with Crippen molar-refractivity contribution in [2.45, 2.75) is 33.8 Å². The van der Waals surface area contributed by atoms with Crippen LogP contribution in [0.15, 0.2) is 39.8 Å². The van der Waals surface area contributed by atoms with Crippen LogP contribution < -0.4 is 4.74 Å². The molecule has 0 amide bonds. The molecule has 4 nitrogen and oxygen atoms in total. The van der Waals surface area contributed by atoms with Gasteiger partial charge in [0, 0.05) is 13.6 Å². The number of rotatable bonds is 6. The molecule has 0 saturated heterocycles. The van der Waals surface area contributed by atoms with E-state index in [-0.39, 0.29) is 6.10 Å². The lowest BCUT2D eigenvalue weighted by atomic mass is 10.1. The molecule has 0 bridgehead atoms. The van der Waals surface area contributed by atoms with Crippen LogP contribution in [-0.4, -0.2) is 29.8 Å². The molecule has 2 aromatic rings. The van der Waals surface area contributed by atoms with Crippen molar-refractivity contribution >= 4 is 28.0 Å². The Morgan fingerprint density at radius 2 is 1.96 bits per heavy atom. The van der Waals surface area contributed by atoms with E-state index in [4.69, 9.17) is 4.74 Å². The summed E-state index contributed by atoms with van der Waals surface area (Å²) in [4.78, 5) is 11.0. The Morgan fingerprint density at radius 3 is 2.58 bits per heavy atom. The number of aromatic nitrogens is 1. The fourth-order valence-corrected chi connectivity index (χ4v) is 2.48. The van der Waals surface area contributed by atoms with Gasteiger partial charge in [0.05, 0.1) is 22.2 Å². The van der Waals surface area contributed by atoms with Crippen LogP contribution in [0.2, 0.25) is 0 Å². The van der Waals surface area contributed by atoms with E-state index >= 15 is 0 Å². The van der Waals surface area contributed by atoms with Crippen LogP contribution >= 0.6 is 15.9 Å². The molecule has 1 atom stereocenters. The molecule has 0 spiro atoms. The summed E-state index contributed by atoms with van der Waals surface area (Å²) in [5.74, 6) is 0.586. The van der Waals surface area contributed by atoms with E-state index in [2.05, 4.69) is 64.0 Å². The SMILES string of the molecule is CCN(C)/C=N/c1cc(Br)c(OC(C)c2ccc(C)cc2)nc1C. The van der Waals surface area contributed by atoms with Gasteiger partial charge in [-0.15, -0.1) is 0 Å². The van der Waals surface area contributed by atoms with Gasteiger partial charge in [-0.1, -0.05) is 29.8 Å². The van der Waals surface area contributed by atoms with Crippen molar-refractivity contribution in [1.82, 2.24) is 9.88 Å². The first-order chi connectivity index (χ1) is 11.4. The smallest absolute Gasteiger partial charge is 0.228 e. The zero-order valence-electron chi connectivity index (χ0n) is 14.9. The van der Waals surface area contributed by atoms with Gasteiger partial charge in [0.2, 0.25) is 5.88 Å². The normalized spacial score (nSPS) is 12.4. The lowest BCUT2D eigenvalue weighted by molar-refractivity contribution is 0.215. The van der Waals surface area contributed by atoms with E-state index in [0.29, 0.717) is 5.88 Å². The topological polar surface area (TPSA) is 37.7 Å². The minimum atomic E-state index is -0.0747. The molecule has 2 rings (SSSR count). The molecule has 24 heavy (non-hydrogen) atoms. The van der Waals surface area contributed by atoms with Gasteiger partial charge in [-0.05, 0) is 55.3 Å². The van der Waals surface area contributed by atoms with Crippen molar-refractivity contribution < 1.29 is 4.74 Å². The molecule has 0 saturated carbocycles. The highest BCUT2D eigenvalue weighted by Crippen LogP contribution is 2.32. The molecular formula is C19H24BrN3O. The second kappa shape index (κ2) is 8.29. The maximum absolute atomic E-state index is 6.03. The van der Waals surface area contributed by atoms with Crippen LogP contribution in [0, 0.1) is 13.8 Å². The Hall–Kier alpha value is -1.88. The summed E-state index contributed by atoms with van der Waals surface area (Å²) < 4.78 is 6.84. The Bertz CT molecular complexity index is 713. The van der Waals surface area contributed by atoms with Crippen molar-refractivity contribution in [2.24, 2.45) is 4.99 Å². The van der Waals surface area contributed by atoms with Crippen molar-refractivity contribution in [3.63, 3.8) is 0 Å². The number of ether oxygens (including phenoxy) is 1. The molecule has 0 aliphatic rings. The number of hydrogen-bond acceptors (Lipinski definition) is 3. The molecule has 1 unspecified atom stereocenters. The van der Waals surface area contributed by atoms with Crippen LogP contribution in [0.5, 0.6) is 5.88 Å². The number of nitrogens with zero attached hydrogens (tertiary/aromatic N) is 3. The van der Waals surface area contributed by atoms with Crippen molar-refractivity contribution in [2.75, 3.05) is 13.6 Å². The number of hydrogen-bond donors (Lipinski definition) is 0. The van der Waals surface area contributed by atoms with Crippen LogP contribution in [0.3, 0.4) is 0 Å². The second-order valence-electron chi connectivity index (χ2n) is 5.87. The van der Waals surface area contributed by atoms with Gasteiger partial charge < -0.3 is 9.64 Å². The first-order valence-electron chi connectivity index (χ1n) is 8.05. The van der Waals surface area contributed by atoms with E-state index in [0.717, 1.165) is 28.0 Å². The maximum atomic E-state index is 6.03. The highest BCUT2D eigenvalue weighted by molar-refractivity contribution is 9.10. The van der Waals surface area contributed by atoms with Gasteiger partial charge in [0.25, 0.3) is 0 Å². The zero-order valence-corrected chi connectivity index (χ0v) is 16.5. The van der Waals surface area contributed by atoms with E-state index in [1.54, 1.807) is 0 Å². The van der Waals surface area contributed by atoms with Crippen molar-refractivity contribution in [1.29, 1.82) is 0 Å². The predicted octanol–water partition coefficient (Wildman–Crippen LogP) is 5.21. The lowest BCUT2D eigenvalue weighted by Crippen LogP contribution is -2.14. The number of aliphatic imine (C=N–C) groups is 1. The number of aryl methyl sites for hydroxylation is 2. The summed E-state index contributed by atoms with van der Waals surface area (Å²) in [6, 6.07) is 10.3. The number of benzene rings is 1. The fraction of sp³-hybridized carbons (Fsp3) is 0.368. The van der Waals surface area contributed by atoms with Crippen LogP contribution in [0.25, 0.3) is 0 Å². The van der Waals surface area contributed by atoms with Gasteiger partial charge in [-0.25, -0.2) is 9.98 Å². The van der Waals surface area contributed by atoms with Crippen molar-refractivity contribution in [3.8, 4) is 5.88 Å². The molecule has 1 aromatic heterocycles. The summed E-state index contributed by atoms with van der Waals surface area (Å²) in [6.45, 7) is 9.03. The largest absolute Gasteiger partial charge is 0.469 e. The highest BCUT2D eigenvalue weighted by Gasteiger charge is 2.13. The van der Waals surface area contributed by atoms with E-state index in [1.165, 1.54) is 5.56 Å². The summed E-state index contributed by atoms with van der Waals surface area (Å²) in [5.41, 5.74) is 4.03. The molecule has 0 radical (unpaired) electrons. The molecule has 128 valence electrons. The third-order valence-electron chi connectivity index (χ3n) is 3.84. The molecule has 5 heteroatoms. The molecule has 1 aromatic carbocycles. The lowest BCUT2D eigenvalue weighted by Gasteiger charge is -2.16. The van der Waals surface area contributed by atoms with Gasteiger partial charge in [-0.3, -0.25) is 0 Å². The van der Waals surface area contributed by atoms with Crippen LogP contribution in [0.4, 0.5) is 5.69 Å². The standard InChI is InChI=1S/C19H24BrN3O/c1-6-23(5)12-21-18-11-17(20)19(22-14(18)3)24-15(4)16-9-7-13(2)8-10-16/h7-12,15H,6H2,1-5H3/b21-12+. The first kappa shape index (κ1) is 18.5. The first-order valence-corrected chi connectivity index (χ1v) is 8.84. The summed E-state index contributed by atoms with van der Waals surface area (Å²) in [5, 5.41) is 0. The van der Waals surface area contributed by atoms with Gasteiger partial charge in [0.1, 0.15) is 6.10 Å². The molecule has 0 N–H and O–H groups in total. The van der Waals surface area contributed by atoms with E-state index in [1.807, 2.05) is 38.2 Å². The molecular weight excluding hydrogens is 366 g/mol. The van der Waals surface area contributed by atoms with E-state index < -0.39 is 0 Å². The molecule has 0 aliphatic heterocycles. The Kier molecular flexibility index (Phi) is 6.37. The van der Waals surface area contributed by atoms with Gasteiger partial charge >= 0.3 is 0 Å². The third-order valence-corrected chi connectivity index (χ3v) is 4.40. The minimum absolute atomic E-state index is 0.0747. The maximum Gasteiger partial charge on any atom is 0.228 e. The summed E-state index contributed by atoms with van der Waals surface area (Å²) in [7, 11) is 1.99. The van der Waals surface area contributed by atoms with Crippen molar-refractivity contribution in [3.05, 3.63) is 51.6 Å². The Morgan fingerprint density at radius 1 is 1.29 bits per heavy atom. The Labute approximate surface area is 152 Å². The fourth-order valence-electron chi connectivity index (χ4n) is 2.08. The Balaban J connectivity index is 2.18. The summed E-state index contributed by atoms with van der Waals surface area (Å²) in [6.07, 6.45) is 1.74. The quantitative estimate of drug-likeness (QED) is 0.502.